The van der Waals surface area contributed by atoms with Crippen LogP contribution in [0.25, 0.3) is 0 Å². The summed E-state index contributed by atoms with van der Waals surface area (Å²) in [5.41, 5.74) is 0.905. The van der Waals surface area contributed by atoms with E-state index in [9.17, 15) is 0 Å². The van der Waals surface area contributed by atoms with Gasteiger partial charge in [-0.3, -0.25) is 0 Å². The number of rotatable bonds is 3. The van der Waals surface area contributed by atoms with Gasteiger partial charge in [-0.15, -0.1) is 0 Å². The molecule has 1 N–H and O–H groups in total. The first-order valence-corrected chi connectivity index (χ1v) is 5.50. The molecule has 0 aliphatic rings. The summed E-state index contributed by atoms with van der Waals surface area (Å²) in [6, 6.07) is 5.46. The highest BCUT2D eigenvalue weighted by atomic mass is 79.9. The molecule has 0 fully saturated rings. The number of hydrogen-bond donors (Lipinski definition) is 1. The highest BCUT2D eigenvalue weighted by molar-refractivity contribution is 9.10. The molecular weight excluding hydrogens is 279 g/mol. The van der Waals surface area contributed by atoms with Crippen molar-refractivity contribution in [1.82, 2.24) is 4.98 Å². The molecule has 0 aliphatic carbocycles. The Morgan fingerprint density at radius 1 is 1.40 bits per heavy atom. The quantitative estimate of drug-likeness (QED) is 0.875. The van der Waals surface area contributed by atoms with E-state index in [0.717, 1.165) is 15.9 Å². The Labute approximate surface area is 101 Å². The van der Waals surface area contributed by atoms with Crippen LogP contribution in [0.3, 0.4) is 0 Å². The molecule has 0 bridgehead atoms. The van der Waals surface area contributed by atoms with Gasteiger partial charge in [0.1, 0.15) is 10.9 Å². The Hall–Kier alpha value is -1.00. The van der Waals surface area contributed by atoms with E-state index >= 15 is 0 Å². The Balaban J connectivity index is 1.99. The van der Waals surface area contributed by atoms with Gasteiger partial charge in [0, 0.05) is 0 Å². The summed E-state index contributed by atoms with van der Waals surface area (Å²) >= 11 is 9.05. The molecule has 0 atom stereocenters. The zero-order valence-corrected chi connectivity index (χ0v) is 10.0. The summed E-state index contributed by atoms with van der Waals surface area (Å²) in [6.45, 7) is 0.608. The first-order valence-electron chi connectivity index (χ1n) is 4.33. The van der Waals surface area contributed by atoms with Crippen LogP contribution in [0, 0.1) is 0 Å². The fourth-order valence-electron chi connectivity index (χ4n) is 1.11. The summed E-state index contributed by atoms with van der Waals surface area (Å²) in [5.74, 6) is 0.852. The number of aromatic nitrogens is 1. The number of anilines is 1. The molecule has 0 unspecified atom stereocenters. The summed E-state index contributed by atoms with van der Waals surface area (Å²) < 4.78 is 6.21. The van der Waals surface area contributed by atoms with E-state index in [-0.39, 0.29) is 0 Å². The number of furan rings is 1. The SMILES string of the molecule is Clc1ccc(NCc2occc2Br)cn1. The van der Waals surface area contributed by atoms with E-state index < -0.39 is 0 Å². The van der Waals surface area contributed by atoms with Crippen molar-refractivity contribution < 1.29 is 4.42 Å². The summed E-state index contributed by atoms with van der Waals surface area (Å²) in [5, 5.41) is 3.66. The van der Waals surface area contributed by atoms with Gasteiger partial charge in [-0.25, -0.2) is 4.98 Å². The van der Waals surface area contributed by atoms with Gasteiger partial charge in [0.05, 0.1) is 29.2 Å². The summed E-state index contributed by atoms with van der Waals surface area (Å²) in [6.07, 6.45) is 3.32. The van der Waals surface area contributed by atoms with Gasteiger partial charge in [0.15, 0.2) is 0 Å². The van der Waals surface area contributed by atoms with Gasteiger partial charge in [0.2, 0.25) is 0 Å². The third kappa shape index (κ3) is 2.73. The molecule has 2 aromatic rings. The first kappa shape index (κ1) is 10.5. The van der Waals surface area contributed by atoms with Crippen molar-refractivity contribution in [3.8, 4) is 0 Å². The zero-order valence-electron chi connectivity index (χ0n) is 7.71. The van der Waals surface area contributed by atoms with Crippen molar-refractivity contribution in [2.24, 2.45) is 0 Å². The smallest absolute Gasteiger partial charge is 0.136 e. The number of nitrogens with zero attached hydrogens (tertiary/aromatic N) is 1. The van der Waals surface area contributed by atoms with Crippen LogP contribution in [0.2, 0.25) is 5.15 Å². The minimum atomic E-state index is 0.486. The summed E-state index contributed by atoms with van der Waals surface area (Å²) in [7, 11) is 0. The Bertz CT molecular complexity index is 441. The van der Waals surface area contributed by atoms with Gasteiger partial charge in [-0.2, -0.15) is 0 Å². The number of halogens is 2. The third-order valence-corrected chi connectivity index (χ3v) is 2.80. The maximum atomic E-state index is 5.67. The molecule has 0 aliphatic heterocycles. The predicted molar refractivity (Wildman–Crippen MR) is 63.0 cm³/mol. The van der Waals surface area contributed by atoms with Crippen molar-refractivity contribution in [1.29, 1.82) is 0 Å². The molecule has 5 heteroatoms. The van der Waals surface area contributed by atoms with E-state index in [1.54, 1.807) is 18.5 Å². The molecule has 2 rings (SSSR count). The fraction of sp³-hybridized carbons (Fsp3) is 0.100. The normalized spacial score (nSPS) is 10.3. The zero-order chi connectivity index (χ0) is 10.7. The summed E-state index contributed by atoms with van der Waals surface area (Å²) in [4.78, 5) is 3.96. The van der Waals surface area contributed by atoms with Crippen LogP contribution in [0.1, 0.15) is 5.76 Å². The molecule has 2 heterocycles. The van der Waals surface area contributed by atoms with Crippen LogP contribution < -0.4 is 5.32 Å². The van der Waals surface area contributed by atoms with E-state index in [4.69, 9.17) is 16.0 Å². The second kappa shape index (κ2) is 4.68. The van der Waals surface area contributed by atoms with Crippen molar-refractivity contribution in [2.75, 3.05) is 5.32 Å². The topological polar surface area (TPSA) is 38.1 Å². The molecule has 3 nitrogen and oxygen atoms in total. The van der Waals surface area contributed by atoms with Crippen molar-refractivity contribution >= 4 is 33.2 Å². The van der Waals surface area contributed by atoms with Crippen LogP contribution >= 0.6 is 27.5 Å². The maximum Gasteiger partial charge on any atom is 0.136 e. The lowest BCUT2D eigenvalue weighted by Crippen LogP contribution is -1.98. The van der Waals surface area contributed by atoms with Crippen LogP contribution in [-0.4, -0.2) is 4.98 Å². The largest absolute Gasteiger partial charge is 0.466 e. The minimum absolute atomic E-state index is 0.486. The molecule has 0 amide bonds. The lowest BCUT2D eigenvalue weighted by atomic mass is 10.4. The average molecular weight is 288 g/mol. The molecule has 0 radical (unpaired) electrons. The fourth-order valence-corrected chi connectivity index (χ4v) is 1.57. The number of hydrogen-bond acceptors (Lipinski definition) is 3. The standard InChI is InChI=1S/C10H8BrClN2O/c11-8-3-4-15-9(8)6-13-7-1-2-10(12)14-5-7/h1-5,13H,6H2. The Morgan fingerprint density at radius 3 is 2.87 bits per heavy atom. The second-order valence-corrected chi connectivity index (χ2v) is 4.16. The van der Waals surface area contributed by atoms with Crippen LogP contribution in [0.4, 0.5) is 5.69 Å². The predicted octanol–water partition coefficient (Wildman–Crippen LogP) is 3.70. The second-order valence-electron chi connectivity index (χ2n) is 2.91. The number of pyridine rings is 1. The molecule has 78 valence electrons. The maximum absolute atomic E-state index is 5.67. The third-order valence-electron chi connectivity index (χ3n) is 1.87. The van der Waals surface area contributed by atoms with Crippen LogP contribution in [-0.2, 0) is 6.54 Å². The highest BCUT2D eigenvalue weighted by Gasteiger charge is 2.02. The van der Waals surface area contributed by atoms with Gasteiger partial charge in [-0.05, 0) is 34.1 Å². The molecular formula is C10H8BrClN2O. The minimum Gasteiger partial charge on any atom is -0.466 e. The van der Waals surface area contributed by atoms with Crippen LogP contribution in [0.5, 0.6) is 0 Å². The van der Waals surface area contributed by atoms with Crippen LogP contribution in [0.15, 0.2) is 39.5 Å². The molecule has 0 aromatic carbocycles. The molecule has 0 saturated heterocycles. The van der Waals surface area contributed by atoms with Gasteiger partial charge < -0.3 is 9.73 Å². The van der Waals surface area contributed by atoms with E-state index in [0.29, 0.717) is 11.7 Å². The van der Waals surface area contributed by atoms with E-state index in [2.05, 4.69) is 26.2 Å². The lowest BCUT2D eigenvalue weighted by molar-refractivity contribution is 0.516. The monoisotopic (exact) mass is 286 g/mol. The molecule has 0 spiro atoms. The molecule has 2 aromatic heterocycles. The first-order chi connectivity index (χ1) is 7.25. The van der Waals surface area contributed by atoms with Crippen molar-refractivity contribution in [3.63, 3.8) is 0 Å². The average Bonchev–Trinajstić information content (AvgIpc) is 2.63. The lowest BCUT2D eigenvalue weighted by Gasteiger charge is -2.03. The number of nitrogens with one attached hydrogen (secondary N) is 1. The van der Waals surface area contributed by atoms with Gasteiger partial charge in [-0.1, -0.05) is 11.6 Å². The van der Waals surface area contributed by atoms with Gasteiger partial charge in [0.25, 0.3) is 0 Å². The van der Waals surface area contributed by atoms with Gasteiger partial charge >= 0.3 is 0 Å². The Kier molecular flexibility index (Phi) is 3.28. The Morgan fingerprint density at radius 2 is 2.27 bits per heavy atom. The molecule has 0 saturated carbocycles. The van der Waals surface area contributed by atoms with Crippen molar-refractivity contribution in [2.45, 2.75) is 6.54 Å². The van der Waals surface area contributed by atoms with E-state index in [1.165, 1.54) is 0 Å². The van der Waals surface area contributed by atoms with Crippen molar-refractivity contribution in [3.05, 3.63) is 46.0 Å². The highest BCUT2D eigenvalue weighted by Crippen LogP contribution is 2.19. The van der Waals surface area contributed by atoms with E-state index in [1.807, 2.05) is 12.1 Å². The molecule has 15 heavy (non-hydrogen) atoms.